The van der Waals surface area contributed by atoms with Crippen LogP contribution in [0.25, 0.3) is 0 Å². The highest BCUT2D eigenvalue weighted by Gasteiger charge is 2.22. The molecule has 1 aliphatic rings. The second-order valence-corrected chi connectivity index (χ2v) is 5.99. The highest BCUT2D eigenvalue weighted by Crippen LogP contribution is 2.16. The van der Waals surface area contributed by atoms with Crippen LogP contribution in [0.3, 0.4) is 0 Å². The minimum atomic E-state index is -1.27. The first-order chi connectivity index (χ1) is 11.8. The van der Waals surface area contributed by atoms with E-state index in [1.807, 2.05) is 0 Å². The van der Waals surface area contributed by atoms with E-state index in [2.05, 4.69) is 5.43 Å². The summed E-state index contributed by atoms with van der Waals surface area (Å²) in [6.45, 7) is 2.98. The summed E-state index contributed by atoms with van der Waals surface area (Å²) in [6.07, 6.45) is -0.140. The number of amides is 2. The highest BCUT2D eigenvalue weighted by atomic mass is 35.5. The van der Waals surface area contributed by atoms with Gasteiger partial charge in [0.05, 0.1) is 6.54 Å². The predicted octanol–water partition coefficient (Wildman–Crippen LogP) is 0.981. The first kappa shape index (κ1) is 22.2. The molecule has 6 nitrogen and oxygen atoms in total. The maximum absolute atomic E-state index is 13.7. The smallest absolute Gasteiger partial charge is 0.233 e. The molecule has 2 amide bonds. The Kier molecular flexibility index (Phi) is 8.32. The third-order valence-corrected chi connectivity index (χ3v) is 4.02. The van der Waals surface area contributed by atoms with Crippen molar-refractivity contribution in [3.05, 3.63) is 35.1 Å². The Morgan fingerprint density at radius 3 is 2.46 bits per heavy atom. The van der Waals surface area contributed by atoms with E-state index in [-0.39, 0.29) is 42.6 Å². The zero-order chi connectivity index (χ0) is 18.6. The van der Waals surface area contributed by atoms with Gasteiger partial charge in [-0.3, -0.25) is 14.6 Å². The van der Waals surface area contributed by atoms with Gasteiger partial charge in [0, 0.05) is 45.1 Å². The summed E-state index contributed by atoms with van der Waals surface area (Å²) < 4.78 is 39.8. The first-order valence-corrected chi connectivity index (χ1v) is 7.96. The molecule has 0 unspecified atom stereocenters. The van der Waals surface area contributed by atoms with Gasteiger partial charge in [0.15, 0.2) is 11.6 Å². The summed E-state index contributed by atoms with van der Waals surface area (Å²) >= 11 is 0. The molecule has 146 valence electrons. The highest BCUT2D eigenvalue weighted by molar-refractivity contribution is 5.85. The number of halogens is 4. The lowest BCUT2D eigenvalue weighted by Crippen LogP contribution is -2.42. The summed E-state index contributed by atoms with van der Waals surface area (Å²) in [5.41, 5.74) is 8.71. The van der Waals surface area contributed by atoms with Crippen molar-refractivity contribution in [1.29, 1.82) is 0 Å². The molecule has 1 heterocycles. The average Bonchev–Trinajstić information content (AvgIpc) is 2.78. The molecule has 1 saturated heterocycles. The number of nitrogens with two attached hydrogens (primary N) is 1. The largest absolute Gasteiger partial charge is 0.339 e. The van der Waals surface area contributed by atoms with E-state index in [0.717, 1.165) is 6.07 Å². The van der Waals surface area contributed by atoms with Gasteiger partial charge in [-0.2, -0.15) is 0 Å². The lowest BCUT2D eigenvalue weighted by atomic mass is 10.0. The summed E-state index contributed by atoms with van der Waals surface area (Å²) in [6, 6.07) is 0.498. The zero-order valence-electron chi connectivity index (χ0n) is 14.3. The first-order valence-electron chi connectivity index (χ1n) is 7.96. The van der Waals surface area contributed by atoms with Gasteiger partial charge < -0.3 is 10.6 Å². The quantitative estimate of drug-likeness (QED) is 0.746. The van der Waals surface area contributed by atoms with Crippen molar-refractivity contribution in [3.8, 4) is 0 Å². The van der Waals surface area contributed by atoms with E-state index in [1.54, 1.807) is 4.90 Å². The normalized spacial score (nSPS) is 15.9. The Hall–Kier alpha value is -1.84. The van der Waals surface area contributed by atoms with Crippen molar-refractivity contribution in [2.45, 2.75) is 25.8 Å². The molecule has 2 rings (SSSR count). The molecule has 1 aromatic carbocycles. The molecule has 26 heavy (non-hydrogen) atoms. The van der Waals surface area contributed by atoms with E-state index in [1.165, 1.54) is 11.9 Å². The van der Waals surface area contributed by atoms with E-state index in [9.17, 15) is 22.8 Å². The van der Waals surface area contributed by atoms with Gasteiger partial charge in [0.1, 0.15) is 5.82 Å². The Labute approximate surface area is 155 Å². The molecule has 0 aliphatic carbocycles. The second-order valence-electron chi connectivity index (χ2n) is 5.99. The number of carbonyl (C=O) groups excluding carboxylic acids is 2. The van der Waals surface area contributed by atoms with E-state index < -0.39 is 23.5 Å². The van der Waals surface area contributed by atoms with Crippen LogP contribution in [0.4, 0.5) is 13.2 Å². The van der Waals surface area contributed by atoms with Crippen LogP contribution in [-0.2, 0) is 16.0 Å². The van der Waals surface area contributed by atoms with E-state index >= 15 is 0 Å². The minimum absolute atomic E-state index is 0. The summed E-state index contributed by atoms with van der Waals surface area (Å²) in [4.78, 5) is 25.2. The van der Waals surface area contributed by atoms with Crippen molar-refractivity contribution < 1.29 is 22.8 Å². The fourth-order valence-corrected chi connectivity index (χ4v) is 2.68. The standard InChI is InChI=1S/C16H21F3N4O2.ClH/c1-10(24)23-5-4-22(3-2-21-23)16(25)8-12(20)6-11-7-14(18)15(19)9-13(11)17;/h7,9,12,21H,2-6,8,20H2,1H3;1H/t12-;/m1./s1. The summed E-state index contributed by atoms with van der Waals surface area (Å²) in [7, 11) is 0. The molecular weight excluding hydrogens is 373 g/mol. The maximum atomic E-state index is 13.7. The van der Waals surface area contributed by atoms with Crippen LogP contribution >= 0.6 is 12.4 Å². The third-order valence-electron chi connectivity index (χ3n) is 4.02. The van der Waals surface area contributed by atoms with Crippen molar-refractivity contribution in [2.24, 2.45) is 5.73 Å². The van der Waals surface area contributed by atoms with Crippen LogP contribution in [0.2, 0.25) is 0 Å². The van der Waals surface area contributed by atoms with Crippen molar-refractivity contribution in [1.82, 2.24) is 15.3 Å². The Balaban J connectivity index is 0.00000338. The molecular formula is C16H22ClF3N4O2. The van der Waals surface area contributed by atoms with Gasteiger partial charge in [-0.05, 0) is 18.1 Å². The van der Waals surface area contributed by atoms with Gasteiger partial charge >= 0.3 is 0 Å². The van der Waals surface area contributed by atoms with Crippen LogP contribution in [0.5, 0.6) is 0 Å². The zero-order valence-corrected chi connectivity index (χ0v) is 15.1. The van der Waals surface area contributed by atoms with Gasteiger partial charge in [0.2, 0.25) is 11.8 Å². The monoisotopic (exact) mass is 394 g/mol. The molecule has 0 radical (unpaired) electrons. The van der Waals surface area contributed by atoms with E-state index in [0.29, 0.717) is 32.2 Å². The number of hydrogen-bond acceptors (Lipinski definition) is 4. The predicted molar refractivity (Wildman–Crippen MR) is 91.8 cm³/mol. The number of benzene rings is 1. The molecule has 1 aromatic rings. The number of hydrazine groups is 1. The Morgan fingerprint density at radius 2 is 1.81 bits per heavy atom. The van der Waals surface area contributed by atoms with Crippen molar-refractivity contribution in [3.63, 3.8) is 0 Å². The third kappa shape index (κ3) is 5.86. The molecule has 0 bridgehead atoms. The SMILES string of the molecule is CC(=O)N1CCN(C(=O)C[C@H](N)Cc2cc(F)c(F)cc2F)CCN1.Cl. The molecule has 1 aliphatic heterocycles. The molecule has 10 heteroatoms. The van der Waals surface area contributed by atoms with Gasteiger partial charge in [-0.25, -0.2) is 18.6 Å². The number of nitrogens with one attached hydrogen (secondary N) is 1. The fraction of sp³-hybridized carbons (Fsp3) is 0.500. The molecule has 1 atom stereocenters. The number of hydrogen-bond donors (Lipinski definition) is 2. The van der Waals surface area contributed by atoms with Crippen LogP contribution in [0, 0.1) is 17.5 Å². The van der Waals surface area contributed by atoms with Gasteiger partial charge in [-0.15, -0.1) is 12.4 Å². The van der Waals surface area contributed by atoms with Crippen LogP contribution in [0.15, 0.2) is 12.1 Å². The van der Waals surface area contributed by atoms with Gasteiger partial charge in [0.25, 0.3) is 0 Å². The molecule has 0 aromatic heterocycles. The summed E-state index contributed by atoms with van der Waals surface area (Å²) in [5, 5.41) is 1.43. The van der Waals surface area contributed by atoms with Gasteiger partial charge in [-0.1, -0.05) is 0 Å². The molecule has 1 fully saturated rings. The van der Waals surface area contributed by atoms with Crippen molar-refractivity contribution in [2.75, 3.05) is 26.2 Å². The summed E-state index contributed by atoms with van der Waals surface area (Å²) in [5.74, 6) is -3.68. The Bertz CT molecular complexity index is 663. The second kappa shape index (κ2) is 9.75. The molecule has 0 spiro atoms. The number of carbonyl (C=O) groups is 2. The fourth-order valence-electron chi connectivity index (χ4n) is 2.68. The number of nitrogens with zero attached hydrogens (tertiary/aromatic N) is 2. The lowest BCUT2D eigenvalue weighted by molar-refractivity contribution is -0.133. The molecule has 3 N–H and O–H groups in total. The van der Waals surface area contributed by atoms with Crippen LogP contribution in [0.1, 0.15) is 18.9 Å². The lowest BCUT2D eigenvalue weighted by Gasteiger charge is -2.22. The maximum Gasteiger partial charge on any atom is 0.233 e. The number of rotatable bonds is 4. The van der Waals surface area contributed by atoms with Crippen LogP contribution < -0.4 is 11.2 Å². The average molecular weight is 395 g/mol. The molecule has 0 saturated carbocycles. The van der Waals surface area contributed by atoms with E-state index in [4.69, 9.17) is 5.73 Å². The van der Waals surface area contributed by atoms with Crippen molar-refractivity contribution >= 4 is 24.2 Å². The van der Waals surface area contributed by atoms with Crippen LogP contribution in [-0.4, -0.2) is 53.9 Å². The Morgan fingerprint density at radius 1 is 1.15 bits per heavy atom. The topological polar surface area (TPSA) is 78.7 Å². The minimum Gasteiger partial charge on any atom is -0.339 e.